The third kappa shape index (κ3) is 32.6. The van der Waals surface area contributed by atoms with Crippen molar-refractivity contribution in [3.63, 3.8) is 0 Å². The Morgan fingerprint density at radius 3 is 1.06 bits per heavy atom. The summed E-state index contributed by atoms with van der Waals surface area (Å²) in [5.41, 5.74) is 0. The van der Waals surface area contributed by atoms with E-state index >= 15 is 0 Å². The van der Waals surface area contributed by atoms with E-state index in [1.165, 1.54) is 96.3 Å². The van der Waals surface area contributed by atoms with Gasteiger partial charge in [-0.1, -0.05) is 175 Å². The minimum Gasteiger partial charge on any atom is -0.379 e. The topological polar surface area (TPSA) is 128 Å². The van der Waals surface area contributed by atoms with Gasteiger partial charge in [0.1, 0.15) is 6.10 Å². The molecule has 12 heteroatoms. The highest BCUT2D eigenvalue weighted by Crippen LogP contribution is 2.23. The Kier molecular flexibility index (Phi) is 34.6. The first-order chi connectivity index (χ1) is 26.4. The van der Waals surface area contributed by atoms with Crippen molar-refractivity contribution in [1.82, 2.24) is 0 Å². The quantitative estimate of drug-likeness (QED) is 0.0193. The molecule has 0 saturated carbocycles. The molecule has 0 amide bonds. The molecule has 1 saturated heterocycles. The summed E-state index contributed by atoms with van der Waals surface area (Å²) in [6.45, 7) is 8.07. The van der Waals surface area contributed by atoms with Gasteiger partial charge in [-0.25, -0.2) is 14.4 Å². The van der Waals surface area contributed by atoms with Crippen molar-refractivity contribution in [1.29, 1.82) is 0 Å². The maximum Gasteiger partial charge on any atom is 0.619 e. The molecule has 1 atom stereocenters. The third-order valence-electron chi connectivity index (χ3n) is 9.72. The van der Waals surface area contributed by atoms with Crippen molar-refractivity contribution in [2.45, 2.75) is 232 Å². The molecule has 318 valence electrons. The Labute approximate surface area is 330 Å². The zero-order valence-electron chi connectivity index (χ0n) is 34.8. The van der Waals surface area contributed by atoms with Gasteiger partial charge in [0.05, 0.1) is 13.2 Å². The Balaban J connectivity index is 2.69. The number of epoxide rings is 1. The van der Waals surface area contributed by atoms with Gasteiger partial charge < -0.3 is 24.1 Å². The SMILES string of the molecule is CCCCCCCCCCCC(=O)OO[Si](CCCOCC1CO1)(OOC(=O)CCCCCCCCCCC)OOC(=O)CCCCCCCCCCC. The molecule has 0 bridgehead atoms. The first-order valence-electron chi connectivity index (χ1n) is 22.3. The van der Waals surface area contributed by atoms with Gasteiger partial charge >= 0.3 is 26.7 Å². The Bertz CT molecular complexity index is 793. The van der Waals surface area contributed by atoms with Crippen molar-refractivity contribution in [3.05, 3.63) is 0 Å². The van der Waals surface area contributed by atoms with Crippen LogP contribution >= 0.6 is 0 Å². The summed E-state index contributed by atoms with van der Waals surface area (Å²) < 4.78 is 27.6. The lowest BCUT2D eigenvalue weighted by Gasteiger charge is -2.24. The molecule has 0 aromatic carbocycles. The van der Waals surface area contributed by atoms with Crippen molar-refractivity contribution in [3.8, 4) is 0 Å². The second-order valence-corrected chi connectivity index (χ2v) is 17.5. The van der Waals surface area contributed by atoms with Crippen LogP contribution in [0, 0.1) is 0 Å². The lowest BCUT2D eigenvalue weighted by atomic mass is 10.1. The Morgan fingerprint density at radius 1 is 0.463 bits per heavy atom. The van der Waals surface area contributed by atoms with E-state index in [2.05, 4.69) is 20.8 Å². The standard InChI is InChI=1S/C42H80O11Si/c1-4-7-10-13-16-19-22-25-28-32-40(43)48-51-54(36-31-35-46-37-39-38-47-39,52-49-41(44)33-29-26-23-20-17-14-11-8-5-2)53-50-42(45)34-30-27-24-21-18-15-12-9-6-3/h39H,4-38H2,1-3H3. The van der Waals surface area contributed by atoms with Crippen molar-refractivity contribution < 1.29 is 52.3 Å². The van der Waals surface area contributed by atoms with Crippen LogP contribution in [-0.2, 0) is 52.3 Å². The van der Waals surface area contributed by atoms with Crippen LogP contribution in [0.3, 0.4) is 0 Å². The second-order valence-electron chi connectivity index (χ2n) is 15.2. The van der Waals surface area contributed by atoms with Gasteiger partial charge in [0, 0.05) is 31.9 Å². The number of carbonyl (C=O) groups excluding carboxylic acids is 3. The molecule has 54 heavy (non-hydrogen) atoms. The number of hydrogen-bond donors (Lipinski definition) is 0. The summed E-state index contributed by atoms with van der Waals surface area (Å²) in [5, 5.41) is 0. The van der Waals surface area contributed by atoms with Gasteiger partial charge in [0.2, 0.25) is 0 Å². The van der Waals surface area contributed by atoms with Gasteiger partial charge in [-0.2, -0.15) is 13.7 Å². The first kappa shape index (κ1) is 50.4. The van der Waals surface area contributed by atoms with Crippen molar-refractivity contribution >= 4 is 26.7 Å². The maximum absolute atomic E-state index is 12.7. The Hall–Kier alpha value is -1.57. The van der Waals surface area contributed by atoms with Gasteiger partial charge in [0.25, 0.3) is 0 Å². The fraction of sp³-hybridized carbons (Fsp3) is 0.929. The highest BCUT2D eigenvalue weighted by atomic mass is 28.4. The van der Waals surface area contributed by atoms with Gasteiger partial charge in [-0.3, -0.25) is 0 Å². The van der Waals surface area contributed by atoms with E-state index < -0.39 is 26.7 Å². The van der Waals surface area contributed by atoms with Crippen LogP contribution in [0.15, 0.2) is 0 Å². The smallest absolute Gasteiger partial charge is 0.379 e. The molecular formula is C42H80O11Si. The highest BCUT2D eigenvalue weighted by Gasteiger charge is 2.51. The van der Waals surface area contributed by atoms with E-state index in [4.69, 9.17) is 37.9 Å². The van der Waals surface area contributed by atoms with Crippen LogP contribution in [0.1, 0.15) is 220 Å². The highest BCUT2D eigenvalue weighted by molar-refractivity contribution is 6.60. The summed E-state index contributed by atoms with van der Waals surface area (Å²) in [6.07, 6.45) is 31.0. The van der Waals surface area contributed by atoms with Crippen LogP contribution in [0.25, 0.3) is 0 Å². The zero-order valence-corrected chi connectivity index (χ0v) is 35.8. The Morgan fingerprint density at radius 2 is 0.759 bits per heavy atom. The summed E-state index contributed by atoms with van der Waals surface area (Å²) in [7, 11) is -4.21. The maximum atomic E-state index is 12.7. The summed E-state index contributed by atoms with van der Waals surface area (Å²) >= 11 is 0. The molecule has 1 aliphatic rings. The molecular weight excluding hydrogens is 709 g/mol. The molecule has 0 N–H and O–H groups in total. The van der Waals surface area contributed by atoms with E-state index in [0.717, 1.165) is 57.8 Å². The fourth-order valence-electron chi connectivity index (χ4n) is 6.13. The molecule has 0 aliphatic carbocycles. The largest absolute Gasteiger partial charge is 0.619 e. The van der Waals surface area contributed by atoms with Gasteiger partial charge in [-0.15, -0.1) is 0 Å². The summed E-state index contributed by atoms with van der Waals surface area (Å²) in [5.74, 6) is -1.77. The van der Waals surface area contributed by atoms with Crippen LogP contribution < -0.4 is 0 Å². The molecule has 11 nitrogen and oxygen atoms in total. The average molecular weight is 789 g/mol. The third-order valence-corrected chi connectivity index (χ3v) is 11.7. The number of carbonyl (C=O) groups is 3. The molecule has 0 spiro atoms. The monoisotopic (exact) mass is 789 g/mol. The fourth-order valence-corrected chi connectivity index (χ4v) is 7.70. The average Bonchev–Trinajstić information content (AvgIpc) is 4.01. The summed E-state index contributed by atoms with van der Waals surface area (Å²) in [6, 6.07) is 0.0143. The predicted octanol–water partition coefficient (Wildman–Crippen LogP) is 11.9. The lowest BCUT2D eigenvalue weighted by Crippen LogP contribution is -2.47. The molecule has 1 heterocycles. The number of unbranched alkanes of at least 4 members (excludes halogenated alkanes) is 24. The molecule has 0 aromatic heterocycles. The molecule has 0 radical (unpaired) electrons. The normalized spacial score (nSPS) is 13.9. The van der Waals surface area contributed by atoms with E-state index in [1.54, 1.807) is 0 Å². The number of ether oxygens (including phenoxy) is 2. The minimum atomic E-state index is -4.21. The number of hydrogen-bond acceptors (Lipinski definition) is 11. The van der Waals surface area contributed by atoms with Crippen molar-refractivity contribution in [2.75, 3.05) is 19.8 Å². The van der Waals surface area contributed by atoms with Crippen LogP contribution in [0.2, 0.25) is 6.04 Å². The van der Waals surface area contributed by atoms with Gasteiger partial charge in [-0.05, 0) is 25.7 Å². The molecule has 1 fully saturated rings. The number of rotatable bonds is 42. The van der Waals surface area contributed by atoms with Gasteiger partial charge in [0.15, 0.2) is 0 Å². The minimum absolute atomic E-state index is 0.0143. The molecule has 1 unspecified atom stereocenters. The summed E-state index contributed by atoms with van der Waals surface area (Å²) in [4.78, 5) is 53.8. The van der Waals surface area contributed by atoms with E-state index in [-0.39, 0.29) is 31.4 Å². The van der Waals surface area contributed by atoms with E-state index in [0.29, 0.717) is 45.5 Å². The second kappa shape index (κ2) is 37.0. The predicted molar refractivity (Wildman–Crippen MR) is 213 cm³/mol. The zero-order chi connectivity index (χ0) is 39.2. The van der Waals surface area contributed by atoms with E-state index in [9.17, 15) is 14.4 Å². The van der Waals surface area contributed by atoms with Crippen LogP contribution in [-0.4, -0.2) is 52.6 Å². The van der Waals surface area contributed by atoms with E-state index in [1.807, 2.05) is 0 Å². The van der Waals surface area contributed by atoms with Crippen molar-refractivity contribution in [2.24, 2.45) is 0 Å². The van der Waals surface area contributed by atoms with Crippen LogP contribution in [0.4, 0.5) is 0 Å². The molecule has 1 rings (SSSR count). The lowest BCUT2D eigenvalue weighted by molar-refractivity contribution is -0.330. The molecule has 0 aromatic rings. The first-order valence-corrected chi connectivity index (χ1v) is 24.2. The molecule has 1 aliphatic heterocycles. The van der Waals surface area contributed by atoms with Crippen LogP contribution in [0.5, 0.6) is 0 Å².